The third-order valence-corrected chi connectivity index (χ3v) is 7.05. The summed E-state index contributed by atoms with van der Waals surface area (Å²) < 4.78 is 0. The predicted octanol–water partition coefficient (Wildman–Crippen LogP) is 7.22. The van der Waals surface area contributed by atoms with Crippen molar-refractivity contribution in [3.05, 3.63) is 68.4 Å². The van der Waals surface area contributed by atoms with Crippen molar-refractivity contribution in [1.82, 2.24) is 0 Å². The number of carbonyl (C=O) groups is 1. The summed E-state index contributed by atoms with van der Waals surface area (Å²) in [6.45, 7) is 13.7. The Morgan fingerprint density at radius 2 is 1.71 bits per heavy atom. The van der Waals surface area contributed by atoms with E-state index >= 15 is 0 Å². The van der Waals surface area contributed by atoms with Gasteiger partial charge in [-0.1, -0.05) is 58.1 Å². The Morgan fingerprint density at radius 3 is 2.32 bits per heavy atom. The molecule has 0 saturated heterocycles. The van der Waals surface area contributed by atoms with Gasteiger partial charge in [-0.3, -0.25) is 0 Å². The Kier molecular flexibility index (Phi) is 5.42. The molecule has 3 rings (SSSR count). The van der Waals surface area contributed by atoms with Crippen LogP contribution < -0.4 is 0 Å². The van der Waals surface area contributed by atoms with E-state index in [2.05, 4.69) is 59.8 Å². The summed E-state index contributed by atoms with van der Waals surface area (Å²) in [5.41, 5.74) is 7.89. The minimum Gasteiger partial charge on any atom is -0.477 e. The highest BCUT2D eigenvalue weighted by Crippen LogP contribution is 2.47. The molecule has 1 N–H and O–H groups in total. The number of hydrogen-bond donors (Lipinski definition) is 1. The molecule has 0 unspecified atom stereocenters. The van der Waals surface area contributed by atoms with E-state index in [0.717, 1.165) is 5.56 Å². The van der Waals surface area contributed by atoms with Crippen molar-refractivity contribution in [3.63, 3.8) is 0 Å². The van der Waals surface area contributed by atoms with Crippen LogP contribution in [0.15, 0.2) is 35.7 Å². The second-order valence-electron chi connectivity index (χ2n) is 9.20. The molecule has 0 atom stereocenters. The number of hydrogen-bond acceptors (Lipinski definition) is 2. The maximum atomic E-state index is 11.3. The summed E-state index contributed by atoms with van der Waals surface area (Å²) in [5.74, 6) is -0.870. The van der Waals surface area contributed by atoms with Crippen molar-refractivity contribution < 1.29 is 9.90 Å². The summed E-state index contributed by atoms with van der Waals surface area (Å²) in [7, 11) is 0. The molecule has 1 heterocycles. The van der Waals surface area contributed by atoms with Gasteiger partial charge >= 0.3 is 5.97 Å². The number of carboxylic acid groups (broad SMARTS) is 1. The molecular formula is C25H30O2S. The van der Waals surface area contributed by atoms with Crippen LogP contribution in [-0.4, -0.2) is 11.1 Å². The normalized spacial score (nSPS) is 18.3. The largest absolute Gasteiger partial charge is 0.477 e. The third kappa shape index (κ3) is 3.86. The first kappa shape index (κ1) is 20.6. The molecule has 1 aromatic carbocycles. The van der Waals surface area contributed by atoms with Gasteiger partial charge in [-0.05, 0) is 82.4 Å². The molecule has 0 aliphatic heterocycles. The molecule has 0 saturated carbocycles. The van der Waals surface area contributed by atoms with Gasteiger partial charge in [0.2, 0.25) is 0 Å². The van der Waals surface area contributed by atoms with Gasteiger partial charge in [0, 0.05) is 0 Å². The number of carboxylic acids is 1. The summed E-state index contributed by atoms with van der Waals surface area (Å²) >= 11 is 1.26. The number of allylic oxidation sites excluding steroid dienone is 3. The monoisotopic (exact) mass is 394 g/mol. The minimum atomic E-state index is -0.870. The summed E-state index contributed by atoms with van der Waals surface area (Å²) in [5, 5.41) is 11.1. The third-order valence-electron chi connectivity index (χ3n) is 6.13. The molecule has 0 fully saturated rings. The lowest BCUT2D eigenvalue weighted by Gasteiger charge is -2.42. The maximum Gasteiger partial charge on any atom is 0.346 e. The maximum absolute atomic E-state index is 11.3. The summed E-state index contributed by atoms with van der Waals surface area (Å²) in [6.07, 6.45) is 8.34. The van der Waals surface area contributed by atoms with Gasteiger partial charge in [0.25, 0.3) is 0 Å². The first-order valence-corrected chi connectivity index (χ1v) is 10.7. The quantitative estimate of drug-likeness (QED) is 0.556. The van der Waals surface area contributed by atoms with Crippen LogP contribution in [0, 0.1) is 6.92 Å². The summed E-state index contributed by atoms with van der Waals surface area (Å²) in [4.78, 5) is 11.6. The molecule has 148 valence electrons. The number of aryl methyl sites for hydroxylation is 1. The number of benzene rings is 1. The SMILES string of the molecule is C/C(=C\C=C\c1ccsc1C(=O)O)c1cc2c(cc1C)C(C)(C)CCC2(C)C. The second-order valence-corrected chi connectivity index (χ2v) is 10.1. The van der Waals surface area contributed by atoms with Gasteiger partial charge in [-0.25, -0.2) is 4.79 Å². The van der Waals surface area contributed by atoms with Gasteiger partial charge in [0.1, 0.15) is 4.88 Å². The zero-order valence-electron chi connectivity index (χ0n) is 17.7. The van der Waals surface area contributed by atoms with Gasteiger partial charge in [0.15, 0.2) is 0 Å². The van der Waals surface area contributed by atoms with Crippen molar-refractivity contribution in [2.45, 2.75) is 65.2 Å². The minimum absolute atomic E-state index is 0.191. The first-order chi connectivity index (χ1) is 13.0. The molecule has 2 nitrogen and oxygen atoms in total. The van der Waals surface area contributed by atoms with Crippen LogP contribution in [0.25, 0.3) is 11.6 Å². The fourth-order valence-corrected chi connectivity index (χ4v) is 4.88. The molecule has 3 heteroatoms. The van der Waals surface area contributed by atoms with Gasteiger partial charge < -0.3 is 5.11 Å². The van der Waals surface area contributed by atoms with Crippen molar-refractivity contribution >= 4 is 29.0 Å². The van der Waals surface area contributed by atoms with Crippen molar-refractivity contribution in [3.8, 4) is 0 Å². The van der Waals surface area contributed by atoms with Crippen molar-refractivity contribution in [1.29, 1.82) is 0 Å². The van der Waals surface area contributed by atoms with Crippen LogP contribution in [0.2, 0.25) is 0 Å². The number of thiophene rings is 1. The van der Waals surface area contributed by atoms with Gasteiger partial charge in [-0.15, -0.1) is 11.3 Å². The standard InChI is InChI=1S/C25H30O2S/c1-16(8-7-9-18-10-13-28-22(18)23(26)27)19-15-21-20(14-17(19)2)24(3,4)11-12-25(21,5)6/h7-10,13-15H,11-12H2,1-6H3,(H,26,27)/b9-7+,16-8+. The Hall–Kier alpha value is -2.13. The Balaban J connectivity index is 1.97. The zero-order valence-corrected chi connectivity index (χ0v) is 18.5. The predicted molar refractivity (Wildman–Crippen MR) is 120 cm³/mol. The zero-order chi connectivity index (χ0) is 20.7. The van der Waals surface area contributed by atoms with E-state index in [1.807, 2.05) is 23.6 Å². The Bertz CT molecular complexity index is 970. The lowest BCUT2D eigenvalue weighted by molar-refractivity contribution is 0.0702. The van der Waals surface area contributed by atoms with Crippen LogP contribution in [-0.2, 0) is 10.8 Å². The fourth-order valence-electron chi connectivity index (χ4n) is 4.16. The number of rotatable bonds is 4. The molecule has 0 radical (unpaired) electrons. The van der Waals surface area contributed by atoms with E-state index in [1.54, 1.807) is 0 Å². The molecule has 0 amide bonds. The van der Waals surface area contributed by atoms with E-state index in [-0.39, 0.29) is 10.8 Å². The number of fused-ring (bicyclic) bond motifs is 1. The average Bonchev–Trinajstić information content (AvgIpc) is 3.07. The van der Waals surface area contributed by atoms with Crippen LogP contribution in [0.4, 0.5) is 0 Å². The van der Waals surface area contributed by atoms with Gasteiger partial charge in [-0.2, -0.15) is 0 Å². The molecule has 2 aromatic rings. The Labute approximate surface area is 172 Å². The molecule has 28 heavy (non-hydrogen) atoms. The van der Waals surface area contributed by atoms with Crippen molar-refractivity contribution in [2.75, 3.05) is 0 Å². The number of aromatic carboxylic acids is 1. The van der Waals surface area contributed by atoms with Crippen LogP contribution in [0.1, 0.15) is 84.9 Å². The molecule has 1 aliphatic carbocycles. The molecular weight excluding hydrogens is 364 g/mol. The van der Waals surface area contributed by atoms with E-state index in [0.29, 0.717) is 4.88 Å². The van der Waals surface area contributed by atoms with E-state index < -0.39 is 5.97 Å². The summed E-state index contributed by atoms with van der Waals surface area (Å²) in [6, 6.07) is 6.62. The topological polar surface area (TPSA) is 37.3 Å². The lowest BCUT2D eigenvalue weighted by Crippen LogP contribution is -2.34. The highest BCUT2D eigenvalue weighted by atomic mass is 32.1. The Morgan fingerprint density at radius 1 is 1.11 bits per heavy atom. The lowest BCUT2D eigenvalue weighted by atomic mass is 9.62. The smallest absolute Gasteiger partial charge is 0.346 e. The highest BCUT2D eigenvalue weighted by molar-refractivity contribution is 7.12. The van der Waals surface area contributed by atoms with E-state index in [4.69, 9.17) is 0 Å². The second kappa shape index (κ2) is 7.36. The average molecular weight is 395 g/mol. The van der Waals surface area contributed by atoms with Crippen LogP contribution >= 0.6 is 11.3 Å². The van der Waals surface area contributed by atoms with E-state index in [9.17, 15) is 9.90 Å². The molecule has 0 spiro atoms. The highest BCUT2D eigenvalue weighted by Gasteiger charge is 2.37. The molecule has 1 aromatic heterocycles. The van der Waals surface area contributed by atoms with Crippen LogP contribution in [0.5, 0.6) is 0 Å². The van der Waals surface area contributed by atoms with Crippen LogP contribution in [0.3, 0.4) is 0 Å². The fraction of sp³-hybridized carbons (Fsp3) is 0.400. The molecule has 1 aliphatic rings. The van der Waals surface area contributed by atoms with E-state index in [1.165, 1.54) is 52.0 Å². The van der Waals surface area contributed by atoms with Gasteiger partial charge in [0.05, 0.1) is 0 Å². The van der Waals surface area contributed by atoms with Crippen molar-refractivity contribution in [2.24, 2.45) is 0 Å². The molecule has 0 bridgehead atoms. The first-order valence-electron chi connectivity index (χ1n) is 9.85.